The van der Waals surface area contributed by atoms with E-state index >= 15 is 0 Å². The molecule has 2 N–H and O–H groups in total. The van der Waals surface area contributed by atoms with Gasteiger partial charge >= 0.3 is 6.09 Å². The summed E-state index contributed by atoms with van der Waals surface area (Å²) >= 11 is 0. The zero-order valence-electron chi connectivity index (χ0n) is 24.4. The molecule has 10 nitrogen and oxygen atoms in total. The molecule has 2 saturated heterocycles. The highest BCUT2D eigenvalue weighted by Gasteiger charge is 2.31. The topological polar surface area (TPSA) is 111 Å². The fourth-order valence-electron chi connectivity index (χ4n) is 5.11. The van der Waals surface area contributed by atoms with Crippen LogP contribution < -0.4 is 10.6 Å². The lowest BCUT2D eigenvalue weighted by molar-refractivity contribution is -0.141. The van der Waals surface area contributed by atoms with E-state index in [-0.39, 0.29) is 25.0 Å². The highest BCUT2D eigenvalue weighted by molar-refractivity contribution is 6.00. The first-order valence-corrected chi connectivity index (χ1v) is 14.2. The van der Waals surface area contributed by atoms with Crippen LogP contribution in [-0.2, 0) is 38.8 Å². The molecule has 2 fully saturated rings. The summed E-state index contributed by atoms with van der Waals surface area (Å²) in [5.74, 6) is -0.733. The number of carbonyl (C=O) groups is 4. The van der Waals surface area contributed by atoms with Gasteiger partial charge in [0.05, 0.1) is 0 Å². The summed E-state index contributed by atoms with van der Waals surface area (Å²) in [5.41, 5.74) is 4.69. The van der Waals surface area contributed by atoms with Crippen LogP contribution in [0.15, 0.2) is 42.5 Å². The molecule has 2 heterocycles. The van der Waals surface area contributed by atoms with Crippen LogP contribution in [-0.4, -0.2) is 76.8 Å². The Morgan fingerprint density at radius 2 is 1.76 bits per heavy atom. The summed E-state index contributed by atoms with van der Waals surface area (Å²) in [6, 6.07) is 13.7. The maximum atomic E-state index is 12.3. The second kappa shape index (κ2) is 13.2. The number of anilines is 1. The van der Waals surface area contributed by atoms with E-state index in [4.69, 9.17) is 4.74 Å². The van der Waals surface area contributed by atoms with E-state index in [2.05, 4.69) is 39.8 Å². The molecule has 0 aromatic heterocycles. The molecule has 4 rings (SSSR count). The number of aryl methyl sites for hydroxylation is 1. The second-order valence-corrected chi connectivity index (χ2v) is 11.8. The van der Waals surface area contributed by atoms with Crippen LogP contribution in [0.3, 0.4) is 0 Å². The summed E-state index contributed by atoms with van der Waals surface area (Å²) in [7, 11) is 0. The molecule has 0 bridgehead atoms. The SMILES string of the molecule is Cc1cccc(NCc2ccc(CN3CCN(C(=O)OC(C)(C)C)CC3)cc2)c1CN(C=O)C1CCC(=O)NC1=O. The summed E-state index contributed by atoms with van der Waals surface area (Å²) in [4.78, 5) is 53.7. The average molecular weight is 564 g/mol. The maximum Gasteiger partial charge on any atom is 0.410 e. The van der Waals surface area contributed by atoms with Gasteiger partial charge < -0.3 is 19.9 Å². The third-order valence-electron chi connectivity index (χ3n) is 7.43. The number of hydrogen-bond acceptors (Lipinski definition) is 7. The average Bonchev–Trinajstić information content (AvgIpc) is 2.92. The fourth-order valence-corrected chi connectivity index (χ4v) is 5.11. The van der Waals surface area contributed by atoms with Gasteiger partial charge in [-0.1, -0.05) is 36.4 Å². The molecule has 0 radical (unpaired) electrons. The molecular formula is C31H41N5O5. The smallest absolute Gasteiger partial charge is 0.410 e. The molecule has 1 unspecified atom stereocenters. The molecule has 0 aliphatic carbocycles. The van der Waals surface area contributed by atoms with Crippen molar-refractivity contribution in [2.45, 2.75) is 71.8 Å². The van der Waals surface area contributed by atoms with Crippen LogP contribution >= 0.6 is 0 Å². The van der Waals surface area contributed by atoms with Gasteiger partial charge in [0.25, 0.3) is 0 Å². The minimum atomic E-state index is -0.662. The number of nitrogens with one attached hydrogen (secondary N) is 2. The monoisotopic (exact) mass is 563 g/mol. The Bertz CT molecular complexity index is 1250. The van der Waals surface area contributed by atoms with Crippen molar-refractivity contribution >= 4 is 30.0 Å². The third kappa shape index (κ3) is 8.29. The Kier molecular flexibility index (Phi) is 9.65. The van der Waals surface area contributed by atoms with Crippen molar-refractivity contribution in [3.8, 4) is 0 Å². The lowest BCUT2D eigenvalue weighted by Crippen LogP contribution is -2.51. The number of ether oxygens (including phenoxy) is 1. The molecule has 2 aliphatic rings. The maximum absolute atomic E-state index is 12.3. The van der Waals surface area contributed by atoms with E-state index in [0.29, 0.717) is 32.5 Å². The highest BCUT2D eigenvalue weighted by atomic mass is 16.6. The molecule has 41 heavy (non-hydrogen) atoms. The summed E-state index contributed by atoms with van der Waals surface area (Å²) in [6.45, 7) is 12.2. The van der Waals surface area contributed by atoms with Gasteiger partial charge in [-0.3, -0.25) is 24.6 Å². The van der Waals surface area contributed by atoms with Crippen LogP contribution in [0.1, 0.15) is 55.9 Å². The number of rotatable bonds is 9. The molecule has 2 aromatic carbocycles. The minimum Gasteiger partial charge on any atom is -0.444 e. The van der Waals surface area contributed by atoms with Crippen LogP contribution in [0.5, 0.6) is 0 Å². The number of hydrogen-bond donors (Lipinski definition) is 2. The molecule has 10 heteroatoms. The van der Waals surface area contributed by atoms with Crippen molar-refractivity contribution in [3.05, 3.63) is 64.7 Å². The van der Waals surface area contributed by atoms with Crippen molar-refractivity contribution in [3.63, 3.8) is 0 Å². The largest absolute Gasteiger partial charge is 0.444 e. The number of benzene rings is 2. The quantitative estimate of drug-likeness (QED) is 0.355. The van der Waals surface area contributed by atoms with Gasteiger partial charge in [0.1, 0.15) is 11.6 Å². The van der Waals surface area contributed by atoms with Gasteiger partial charge in [0.15, 0.2) is 0 Å². The number of carbonyl (C=O) groups excluding carboxylic acids is 4. The van der Waals surface area contributed by atoms with E-state index in [1.807, 2.05) is 45.9 Å². The van der Waals surface area contributed by atoms with E-state index in [1.165, 1.54) is 10.5 Å². The molecular weight excluding hydrogens is 522 g/mol. The van der Waals surface area contributed by atoms with Crippen molar-refractivity contribution in [2.75, 3.05) is 31.5 Å². The highest BCUT2D eigenvalue weighted by Crippen LogP contribution is 2.24. The van der Waals surface area contributed by atoms with Crippen molar-refractivity contribution in [1.29, 1.82) is 0 Å². The first-order valence-electron chi connectivity index (χ1n) is 14.2. The number of piperazine rings is 1. The summed E-state index contributed by atoms with van der Waals surface area (Å²) in [5, 5.41) is 5.83. The van der Waals surface area contributed by atoms with Crippen molar-refractivity contribution in [2.24, 2.45) is 0 Å². The van der Waals surface area contributed by atoms with Gasteiger partial charge in [-0.05, 0) is 62.4 Å². The third-order valence-corrected chi connectivity index (χ3v) is 7.43. The van der Waals surface area contributed by atoms with Gasteiger partial charge in [-0.15, -0.1) is 0 Å². The number of imide groups is 1. The van der Waals surface area contributed by atoms with Crippen LogP contribution in [0.25, 0.3) is 0 Å². The standard InChI is InChI=1S/C31H41N5O5/c1-22-6-5-7-26(25(22)20-36(21-37)27-12-13-28(38)33-29(27)39)32-18-23-8-10-24(11-9-23)19-34-14-16-35(17-15-34)30(40)41-31(2,3)4/h5-11,21,27,32H,12-20H2,1-4H3,(H,33,38,39). The first kappa shape index (κ1) is 30.0. The van der Waals surface area contributed by atoms with E-state index < -0.39 is 17.6 Å². The van der Waals surface area contributed by atoms with Gasteiger partial charge in [0.2, 0.25) is 18.2 Å². The summed E-state index contributed by atoms with van der Waals surface area (Å²) in [6.07, 6.45) is 0.981. The number of amides is 4. The first-order chi connectivity index (χ1) is 19.5. The predicted octanol–water partition coefficient (Wildman–Crippen LogP) is 3.42. The van der Waals surface area contributed by atoms with E-state index in [9.17, 15) is 19.2 Å². The molecule has 220 valence electrons. The second-order valence-electron chi connectivity index (χ2n) is 11.8. The van der Waals surface area contributed by atoms with Crippen LogP contribution in [0, 0.1) is 6.92 Å². The Morgan fingerprint density at radius 1 is 1.07 bits per heavy atom. The Labute approximate surface area is 242 Å². The van der Waals surface area contributed by atoms with Crippen molar-refractivity contribution < 1.29 is 23.9 Å². The lowest BCUT2D eigenvalue weighted by atomic mass is 10.0. The number of piperidine rings is 1. The summed E-state index contributed by atoms with van der Waals surface area (Å²) < 4.78 is 5.49. The van der Waals surface area contributed by atoms with Gasteiger partial charge in [-0.2, -0.15) is 0 Å². The Hall–Kier alpha value is -3.92. The van der Waals surface area contributed by atoms with Crippen LogP contribution in [0.4, 0.5) is 10.5 Å². The minimum absolute atomic E-state index is 0.220. The Balaban J connectivity index is 1.31. The molecule has 4 amide bonds. The van der Waals surface area contributed by atoms with Gasteiger partial charge in [0, 0.05) is 57.9 Å². The molecule has 1 atom stereocenters. The normalized spacial score (nSPS) is 18.0. The fraction of sp³-hybridized carbons (Fsp3) is 0.484. The predicted molar refractivity (Wildman–Crippen MR) is 156 cm³/mol. The van der Waals surface area contributed by atoms with Crippen molar-refractivity contribution in [1.82, 2.24) is 20.0 Å². The molecule has 2 aliphatic heterocycles. The zero-order chi connectivity index (χ0) is 29.6. The Morgan fingerprint density at radius 3 is 2.39 bits per heavy atom. The molecule has 0 spiro atoms. The zero-order valence-corrected chi connectivity index (χ0v) is 24.4. The molecule has 2 aromatic rings. The van der Waals surface area contributed by atoms with Gasteiger partial charge in [-0.25, -0.2) is 4.79 Å². The number of nitrogens with zero attached hydrogens (tertiary/aromatic N) is 3. The van der Waals surface area contributed by atoms with E-state index in [1.54, 1.807) is 4.90 Å². The van der Waals surface area contributed by atoms with Crippen LogP contribution in [0.2, 0.25) is 0 Å². The van der Waals surface area contributed by atoms with E-state index in [0.717, 1.165) is 42.0 Å². The molecule has 0 saturated carbocycles. The lowest BCUT2D eigenvalue weighted by Gasteiger charge is -2.35.